The first-order chi connectivity index (χ1) is 12.6. The highest BCUT2D eigenvalue weighted by Crippen LogP contribution is 2.30. The number of benzene rings is 1. The van der Waals surface area contributed by atoms with Gasteiger partial charge in [-0.1, -0.05) is 32.0 Å². The molecule has 2 rings (SSSR count). The van der Waals surface area contributed by atoms with Crippen LogP contribution in [-0.4, -0.2) is 24.2 Å². The Morgan fingerprint density at radius 1 is 1.30 bits per heavy atom. The molecule has 1 amide bonds. The molecule has 0 aliphatic carbocycles. The summed E-state index contributed by atoms with van der Waals surface area (Å²) < 4.78 is 16.5. The maximum Gasteiger partial charge on any atom is 0.235 e. The van der Waals surface area contributed by atoms with Crippen molar-refractivity contribution in [3.05, 3.63) is 40.8 Å². The van der Waals surface area contributed by atoms with Gasteiger partial charge in [0.25, 0.3) is 0 Å². The lowest BCUT2D eigenvalue weighted by Gasteiger charge is -2.29. The fourth-order valence-corrected chi connectivity index (χ4v) is 2.85. The highest BCUT2D eigenvalue weighted by Gasteiger charge is 2.29. The van der Waals surface area contributed by atoms with E-state index in [2.05, 4.69) is 10.5 Å². The summed E-state index contributed by atoms with van der Waals surface area (Å²) in [6, 6.07) is 5.23. The molecule has 1 aromatic heterocycles. The molecule has 0 aliphatic heterocycles. The lowest BCUT2D eigenvalue weighted by Crippen LogP contribution is -2.49. The summed E-state index contributed by atoms with van der Waals surface area (Å²) >= 11 is 0. The van der Waals surface area contributed by atoms with Gasteiger partial charge >= 0.3 is 0 Å². The largest absolute Gasteiger partial charge is 0.493 e. The molecule has 27 heavy (non-hydrogen) atoms. The van der Waals surface area contributed by atoms with Crippen LogP contribution in [0.2, 0.25) is 0 Å². The third-order valence-corrected chi connectivity index (χ3v) is 4.44. The number of amides is 1. The molecule has 0 unspecified atom stereocenters. The Kier molecular flexibility index (Phi) is 6.49. The van der Waals surface area contributed by atoms with Gasteiger partial charge in [-0.15, -0.1) is 0 Å². The SMILES string of the molecule is COc1cc(CN[C@H](C(N)=O)C(C)(C)C)ccc1OCc1c(C)noc1C. The van der Waals surface area contributed by atoms with Crippen LogP contribution in [0.15, 0.2) is 22.7 Å². The van der Waals surface area contributed by atoms with Crippen molar-refractivity contribution in [1.82, 2.24) is 10.5 Å². The van der Waals surface area contributed by atoms with Crippen LogP contribution >= 0.6 is 0 Å². The van der Waals surface area contributed by atoms with Crippen LogP contribution in [0.4, 0.5) is 0 Å². The molecule has 2 aromatic rings. The normalized spacial score (nSPS) is 12.7. The number of methoxy groups -OCH3 is 1. The van der Waals surface area contributed by atoms with Crippen LogP contribution < -0.4 is 20.5 Å². The monoisotopic (exact) mass is 375 g/mol. The Hall–Kier alpha value is -2.54. The highest BCUT2D eigenvalue weighted by atomic mass is 16.5. The minimum Gasteiger partial charge on any atom is -0.493 e. The van der Waals surface area contributed by atoms with Gasteiger partial charge in [-0.3, -0.25) is 4.79 Å². The Labute approximate surface area is 160 Å². The number of nitrogens with one attached hydrogen (secondary N) is 1. The summed E-state index contributed by atoms with van der Waals surface area (Å²) in [5.41, 5.74) is 7.95. The first-order valence-electron chi connectivity index (χ1n) is 8.87. The van der Waals surface area contributed by atoms with E-state index >= 15 is 0 Å². The number of primary amides is 1. The van der Waals surface area contributed by atoms with Crippen molar-refractivity contribution in [1.29, 1.82) is 0 Å². The van der Waals surface area contributed by atoms with Crippen LogP contribution in [-0.2, 0) is 17.9 Å². The molecule has 7 nitrogen and oxygen atoms in total. The second-order valence-corrected chi connectivity index (χ2v) is 7.66. The van der Waals surface area contributed by atoms with Crippen molar-refractivity contribution < 1.29 is 18.8 Å². The van der Waals surface area contributed by atoms with Gasteiger partial charge in [0.2, 0.25) is 5.91 Å². The zero-order valence-electron chi connectivity index (χ0n) is 16.9. The molecule has 148 valence electrons. The lowest BCUT2D eigenvalue weighted by atomic mass is 9.86. The Bertz CT molecular complexity index is 774. The molecule has 1 heterocycles. The van der Waals surface area contributed by atoms with E-state index in [0.29, 0.717) is 24.7 Å². The van der Waals surface area contributed by atoms with Crippen molar-refractivity contribution in [3.63, 3.8) is 0 Å². The second-order valence-electron chi connectivity index (χ2n) is 7.66. The predicted molar refractivity (Wildman–Crippen MR) is 103 cm³/mol. The molecule has 0 saturated heterocycles. The van der Waals surface area contributed by atoms with E-state index < -0.39 is 6.04 Å². The average Bonchev–Trinajstić information content (AvgIpc) is 2.90. The van der Waals surface area contributed by atoms with Crippen molar-refractivity contribution in [2.75, 3.05) is 7.11 Å². The molecule has 0 fully saturated rings. The van der Waals surface area contributed by atoms with Gasteiger partial charge in [0, 0.05) is 6.54 Å². The molecule has 0 saturated carbocycles. The maximum absolute atomic E-state index is 11.7. The van der Waals surface area contributed by atoms with Crippen molar-refractivity contribution in [3.8, 4) is 11.5 Å². The summed E-state index contributed by atoms with van der Waals surface area (Å²) in [4.78, 5) is 11.7. The third kappa shape index (κ3) is 5.23. The zero-order valence-corrected chi connectivity index (χ0v) is 16.9. The Morgan fingerprint density at radius 2 is 2.00 bits per heavy atom. The lowest BCUT2D eigenvalue weighted by molar-refractivity contribution is -0.122. The van der Waals surface area contributed by atoms with Gasteiger partial charge in [-0.2, -0.15) is 0 Å². The molecule has 1 aromatic carbocycles. The van der Waals surface area contributed by atoms with E-state index in [0.717, 1.165) is 22.6 Å². The number of hydrogen-bond donors (Lipinski definition) is 2. The van der Waals surface area contributed by atoms with E-state index in [9.17, 15) is 4.79 Å². The van der Waals surface area contributed by atoms with Crippen LogP contribution in [0.5, 0.6) is 11.5 Å². The molecule has 0 bridgehead atoms. The summed E-state index contributed by atoms with van der Waals surface area (Å²) in [5.74, 6) is 1.62. The summed E-state index contributed by atoms with van der Waals surface area (Å²) in [7, 11) is 1.59. The first kappa shape index (κ1) is 20.8. The fraction of sp³-hybridized carbons (Fsp3) is 0.500. The number of aryl methyl sites for hydroxylation is 2. The quantitative estimate of drug-likeness (QED) is 0.736. The minimum atomic E-state index is -0.432. The maximum atomic E-state index is 11.7. The second kappa shape index (κ2) is 8.43. The van der Waals surface area contributed by atoms with Gasteiger partial charge in [0.15, 0.2) is 11.5 Å². The molecular weight excluding hydrogens is 346 g/mol. The average molecular weight is 375 g/mol. The Morgan fingerprint density at radius 3 is 2.52 bits per heavy atom. The standard InChI is InChI=1S/C20H29N3O4/c1-12-15(13(2)27-23-12)11-26-16-8-7-14(9-17(16)25-6)10-22-18(19(21)24)20(3,4)5/h7-9,18,22H,10-11H2,1-6H3,(H2,21,24)/t18-/m1/s1. The number of carbonyl (C=O) groups excluding carboxylic acids is 1. The first-order valence-corrected chi connectivity index (χ1v) is 8.87. The smallest absolute Gasteiger partial charge is 0.235 e. The van der Waals surface area contributed by atoms with Gasteiger partial charge in [0.1, 0.15) is 12.4 Å². The predicted octanol–water partition coefficient (Wildman–Crippen LogP) is 2.87. The molecular formula is C20H29N3O4. The van der Waals surface area contributed by atoms with Crippen molar-refractivity contribution in [2.24, 2.45) is 11.1 Å². The molecule has 3 N–H and O–H groups in total. The van der Waals surface area contributed by atoms with Crippen molar-refractivity contribution in [2.45, 2.75) is 53.8 Å². The highest BCUT2D eigenvalue weighted by molar-refractivity contribution is 5.80. The fourth-order valence-electron chi connectivity index (χ4n) is 2.85. The van der Waals surface area contributed by atoms with E-state index in [-0.39, 0.29) is 11.3 Å². The van der Waals surface area contributed by atoms with Crippen LogP contribution in [0.3, 0.4) is 0 Å². The Balaban J connectivity index is 2.08. The minimum absolute atomic E-state index is 0.271. The van der Waals surface area contributed by atoms with Gasteiger partial charge < -0.3 is 25.0 Å². The number of nitrogens with zero attached hydrogens (tertiary/aromatic N) is 1. The zero-order chi connectivity index (χ0) is 20.2. The van der Waals surface area contributed by atoms with E-state index in [1.54, 1.807) is 7.11 Å². The van der Waals surface area contributed by atoms with Crippen molar-refractivity contribution >= 4 is 5.91 Å². The van der Waals surface area contributed by atoms with Crippen LogP contribution in [0, 0.1) is 19.3 Å². The summed E-state index contributed by atoms with van der Waals surface area (Å²) in [5, 5.41) is 7.15. The molecule has 1 atom stereocenters. The van der Waals surface area contributed by atoms with Crippen LogP contribution in [0.1, 0.15) is 43.4 Å². The topological polar surface area (TPSA) is 99.6 Å². The number of aromatic nitrogens is 1. The number of nitrogens with two attached hydrogens (primary N) is 1. The molecule has 7 heteroatoms. The molecule has 0 spiro atoms. The van der Waals surface area contributed by atoms with Crippen LogP contribution in [0.25, 0.3) is 0 Å². The summed E-state index contributed by atoms with van der Waals surface area (Å²) in [6.07, 6.45) is 0. The molecule has 0 radical (unpaired) electrons. The van der Waals surface area contributed by atoms with E-state index in [1.807, 2.05) is 52.8 Å². The van der Waals surface area contributed by atoms with Gasteiger partial charge in [-0.25, -0.2) is 0 Å². The van der Waals surface area contributed by atoms with E-state index in [4.69, 9.17) is 19.7 Å². The number of carbonyl (C=O) groups is 1. The van der Waals surface area contributed by atoms with E-state index in [1.165, 1.54) is 0 Å². The number of ether oxygens (including phenoxy) is 2. The third-order valence-electron chi connectivity index (χ3n) is 4.44. The van der Waals surface area contributed by atoms with Gasteiger partial charge in [-0.05, 0) is 37.0 Å². The molecule has 0 aliphatic rings. The number of hydrogen-bond acceptors (Lipinski definition) is 6. The summed E-state index contributed by atoms with van der Waals surface area (Å²) in [6.45, 7) is 10.5. The van der Waals surface area contributed by atoms with Gasteiger partial charge in [0.05, 0.1) is 24.4 Å². The number of rotatable bonds is 8.